The van der Waals surface area contributed by atoms with Gasteiger partial charge in [0.1, 0.15) is 22.8 Å². The summed E-state index contributed by atoms with van der Waals surface area (Å²) in [5.74, 6) is 2.40. The van der Waals surface area contributed by atoms with Gasteiger partial charge in [0.15, 0.2) is 0 Å². The minimum Gasteiger partial charge on any atom is -0.444 e. The average Bonchev–Trinajstić information content (AvgIpc) is 3.35. The quantitative estimate of drug-likeness (QED) is 0.393. The van der Waals surface area contributed by atoms with Crippen LogP contribution >= 0.6 is 0 Å². The van der Waals surface area contributed by atoms with E-state index in [1.54, 1.807) is 0 Å². The minimum atomic E-state index is -0.471. The molecule has 0 unspecified atom stereocenters. The number of hydrogen-bond donors (Lipinski definition) is 0. The summed E-state index contributed by atoms with van der Waals surface area (Å²) in [5, 5.41) is 0. The number of morpholine rings is 2. The molecule has 276 valence electrons. The first-order valence-electron chi connectivity index (χ1n) is 18.3. The van der Waals surface area contributed by atoms with Crippen LogP contribution in [-0.4, -0.2) is 122 Å². The molecule has 0 bridgehead atoms. The number of fused-ring (bicyclic) bond motifs is 2. The molecule has 2 saturated heterocycles. The smallest absolute Gasteiger partial charge is 0.410 e. The molecular formula is C38H58N6O6. The van der Waals surface area contributed by atoms with E-state index >= 15 is 0 Å². The van der Waals surface area contributed by atoms with Crippen molar-refractivity contribution in [3.05, 3.63) is 46.8 Å². The Hall–Kier alpha value is -3.64. The zero-order chi connectivity index (χ0) is 36.1. The Kier molecular flexibility index (Phi) is 12.1. The normalized spacial score (nSPS) is 21.5. The van der Waals surface area contributed by atoms with Gasteiger partial charge in [0.05, 0.1) is 37.8 Å². The van der Waals surface area contributed by atoms with Crippen LogP contribution in [0, 0.1) is 0 Å². The summed E-state index contributed by atoms with van der Waals surface area (Å²) in [5.41, 5.74) is 3.74. The fourth-order valence-corrected chi connectivity index (χ4v) is 6.71. The zero-order valence-corrected chi connectivity index (χ0v) is 31.5. The summed E-state index contributed by atoms with van der Waals surface area (Å²) < 4.78 is 21.9. The lowest BCUT2D eigenvalue weighted by atomic mass is 10.0. The molecule has 4 aliphatic heterocycles. The van der Waals surface area contributed by atoms with Gasteiger partial charge < -0.3 is 38.5 Å². The highest BCUT2D eigenvalue weighted by atomic mass is 16.6. The maximum atomic E-state index is 12.4. The van der Waals surface area contributed by atoms with Crippen LogP contribution in [0.5, 0.6) is 0 Å². The highest BCUT2D eigenvalue weighted by Crippen LogP contribution is 2.29. The third-order valence-corrected chi connectivity index (χ3v) is 9.19. The van der Waals surface area contributed by atoms with E-state index in [9.17, 15) is 9.59 Å². The molecule has 2 fully saturated rings. The Morgan fingerprint density at radius 3 is 1.32 bits per heavy atom. The van der Waals surface area contributed by atoms with Gasteiger partial charge in [0, 0.05) is 64.2 Å². The number of hydrogen-bond acceptors (Lipinski definition) is 10. The van der Waals surface area contributed by atoms with Crippen LogP contribution in [0.4, 0.5) is 21.2 Å². The molecule has 0 spiro atoms. The van der Waals surface area contributed by atoms with Crippen LogP contribution in [0.25, 0.3) is 0 Å². The number of rotatable bonds is 2. The summed E-state index contributed by atoms with van der Waals surface area (Å²) in [6, 6.07) is 8.53. The van der Waals surface area contributed by atoms with E-state index in [0.717, 1.165) is 88.5 Å². The molecule has 0 aromatic carbocycles. The molecule has 2 amide bonds. The lowest BCUT2D eigenvalue weighted by Crippen LogP contribution is -2.39. The molecule has 6 heterocycles. The largest absolute Gasteiger partial charge is 0.444 e. The van der Waals surface area contributed by atoms with Gasteiger partial charge in [0.25, 0.3) is 0 Å². The highest BCUT2D eigenvalue weighted by molar-refractivity contribution is 5.69. The zero-order valence-electron chi connectivity index (χ0n) is 31.5. The van der Waals surface area contributed by atoms with Crippen LogP contribution in [0.3, 0.4) is 0 Å². The van der Waals surface area contributed by atoms with Gasteiger partial charge in [-0.15, -0.1) is 0 Å². The second kappa shape index (κ2) is 16.1. The molecule has 2 aromatic heterocycles. The summed E-state index contributed by atoms with van der Waals surface area (Å²) in [6.45, 7) is 24.8. The van der Waals surface area contributed by atoms with Crippen molar-refractivity contribution in [3.63, 3.8) is 0 Å². The fourth-order valence-electron chi connectivity index (χ4n) is 6.71. The Labute approximate surface area is 298 Å². The van der Waals surface area contributed by atoms with Crippen LogP contribution in [0.2, 0.25) is 0 Å². The maximum absolute atomic E-state index is 12.4. The standard InChI is InChI=1S/2C19H29N3O3/c2*1-14-13-22(18(23)25-19(2,3)4)8-7-15-5-6-16(20-17(14)15)21-9-11-24-12-10-21/h2*5-6,14H,7-13H2,1-4H3/t2*14-/m10/s1. The average molecular weight is 695 g/mol. The van der Waals surface area contributed by atoms with Crippen molar-refractivity contribution >= 4 is 23.8 Å². The summed E-state index contributed by atoms with van der Waals surface area (Å²) in [6.07, 6.45) is 1.16. The number of ether oxygens (including phenoxy) is 4. The fraction of sp³-hybridized carbons (Fsp3) is 0.684. The predicted molar refractivity (Wildman–Crippen MR) is 194 cm³/mol. The van der Waals surface area contributed by atoms with Gasteiger partial charge in [-0.2, -0.15) is 0 Å². The number of aromatic nitrogens is 2. The number of carbonyl (C=O) groups is 2. The van der Waals surface area contributed by atoms with Gasteiger partial charge in [-0.25, -0.2) is 19.6 Å². The molecule has 4 aliphatic rings. The second-order valence-corrected chi connectivity index (χ2v) is 15.8. The number of anilines is 2. The van der Waals surface area contributed by atoms with Crippen molar-refractivity contribution < 1.29 is 28.5 Å². The molecule has 0 aliphatic carbocycles. The van der Waals surface area contributed by atoms with Crippen LogP contribution in [0.1, 0.15) is 89.7 Å². The first-order chi connectivity index (χ1) is 23.7. The molecule has 0 radical (unpaired) electrons. The number of pyridine rings is 2. The Bertz CT molecular complexity index is 1350. The van der Waals surface area contributed by atoms with Gasteiger partial charge >= 0.3 is 12.2 Å². The third kappa shape index (κ3) is 10.2. The van der Waals surface area contributed by atoms with E-state index < -0.39 is 11.2 Å². The van der Waals surface area contributed by atoms with E-state index in [2.05, 4.69) is 47.9 Å². The van der Waals surface area contributed by atoms with E-state index in [4.69, 9.17) is 28.9 Å². The number of nitrogens with zero attached hydrogens (tertiary/aromatic N) is 6. The minimum absolute atomic E-state index is 0.186. The van der Waals surface area contributed by atoms with E-state index in [-0.39, 0.29) is 24.0 Å². The van der Waals surface area contributed by atoms with Crippen molar-refractivity contribution in [1.29, 1.82) is 0 Å². The number of carbonyl (C=O) groups excluding carboxylic acids is 2. The second-order valence-electron chi connectivity index (χ2n) is 15.8. The molecule has 0 N–H and O–H groups in total. The van der Waals surface area contributed by atoms with Crippen molar-refractivity contribution in [2.75, 3.05) is 88.6 Å². The van der Waals surface area contributed by atoms with Gasteiger partial charge in [0.2, 0.25) is 0 Å². The van der Waals surface area contributed by atoms with Gasteiger partial charge in [-0.05, 0) is 77.6 Å². The van der Waals surface area contributed by atoms with Crippen LogP contribution < -0.4 is 9.80 Å². The highest BCUT2D eigenvalue weighted by Gasteiger charge is 2.30. The van der Waals surface area contributed by atoms with Gasteiger partial charge in [-0.3, -0.25) is 0 Å². The van der Waals surface area contributed by atoms with Crippen molar-refractivity contribution in [3.8, 4) is 0 Å². The molecule has 6 rings (SSSR count). The topological polar surface area (TPSA) is 110 Å². The first-order valence-corrected chi connectivity index (χ1v) is 18.3. The molecule has 12 nitrogen and oxygen atoms in total. The lowest BCUT2D eigenvalue weighted by Gasteiger charge is -2.29. The Morgan fingerprint density at radius 2 is 0.980 bits per heavy atom. The molecule has 2 aromatic rings. The summed E-state index contributed by atoms with van der Waals surface area (Å²) in [7, 11) is 0. The number of amides is 2. The van der Waals surface area contributed by atoms with Crippen molar-refractivity contribution in [2.24, 2.45) is 0 Å². The molecule has 2 atom stereocenters. The SMILES string of the molecule is C[C@@H]1CN(C(=O)OC(C)(C)C)CCc2ccc(N3CCOCC3)nc21.C[C@H]1CN(C(=O)OC(C)(C)C)CCc2ccc(N3CCOCC3)nc21. The Balaban J connectivity index is 0.000000194. The monoisotopic (exact) mass is 694 g/mol. The van der Waals surface area contributed by atoms with Crippen LogP contribution in [0.15, 0.2) is 24.3 Å². The predicted octanol–water partition coefficient (Wildman–Crippen LogP) is 5.63. The molecule has 0 saturated carbocycles. The van der Waals surface area contributed by atoms with Crippen molar-refractivity contribution in [1.82, 2.24) is 19.8 Å². The molecular weight excluding hydrogens is 636 g/mol. The first kappa shape index (κ1) is 37.6. The molecule has 50 heavy (non-hydrogen) atoms. The molecule has 12 heteroatoms. The van der Waals surface area contributed by atoms with E-state index in [0.29, 0.717) is 26.2 Å². The lowest BCUT2D eigenvalue weighted by molar-refractivity contribution is 0.0237. The summed E-state index contributed by atoms with van der Waals surface area (Å²) in [4.78, 5) is 42.9. The van der Waals surface area contributed by atoms with Crippen molar-refractivity contribution in [2.45, 2.75) is 91.3 Å². The van der Waals surface area contributed by atoms with Gasteiger partial charge in [-0.1, -0.05) is 26.0 Å². The van der Waals surface area contributed by atoms with E-state index in [1.807, 2.05) is 51.3 Å². The van der Waals surface area contributed by atoms with Crippen LogP contribution in [-0.2, 0) is 31.8 Å². The summed E-state index contributed by atoms with van der Waals surface area (Å²) >= 11 is 0. The maximum Gasteiger partial charge on any atom is 0.410 e. The van der Waals surface area contributed by atoms with E-state index in [1.165, 1.54) is 11.1 Å². The third-order valence-electron chi connectivity index (χ3n) is 9.19. The Morgan fingerprint density at radius 1 is 0.620 bits per heavy atom.